The van der Waals surface area contributed by atoms with E-state index < -0.39 is 11.6 Å². The molecule has 15 heavy (non-hydrogen) atoms. The minimum atomic E-state index is -0.494. The van der Waals surface area contributed by atoms with Gasteiger partial charge in [0, 0.05) is 16.1 Å². The Labute approximate surface area is 102 Å². The molecule has 0 amide bonds. The van der Waals surface area contributed by atoms with E-state index in [4.69, 9.17) is 0 Å². The summed E-state index contributed by atoms with van der Waals surface area (Å²) in [7, 11) is 0. The SMILES string of the molecule is CC(C)(C)SCc1c(F)ccc(Br)c1F. The molecule has 0 atom stereocenters. The highest BCUT2D eigenvalue weighted by atomic mass is 79.9. The molecule has 0 aliphatic rings. The normalized spacial score (nSPS) is 11.9. The lowest BCUT2D eigenvalue weighted by molar-refractivity contribution is 0.561. The Morgan fingerprint density at radius 3 is 2.40 bits per heavy atom. The average Bonchev–Trinajstić information content (AvgIpc) is 2.10. The number of halogens is 3. The van der Waals surface area contributed by atoms with Gasteiger partial charge in [-0.1, -0.05) is 20.8 Å². The van der Waals surface area contributed by atoms with Crippen molar-refractivity contribution in [2.24, 2.45) is 0 Å². The van der Waals surface area contributed by atoms with Crippen LogP contribution in [-0.4, -0.2) is 4.75 Å². The van der Waals surface area contributed by atoms with Crippen molar-refractivity contribution in [3.05, 3.63) is 33.8 Å². The second-order valence-corrected chi connectivity index (χ2v) is 6.88. The van der Waals surface area contributed by atoms with Crippen LogP contribution in [0.2, 0.25) is 0 Å². The van der Waals surface area contributed by atoms with Gasteiger partial charge >= 0.3 is 0 Å². The van der Waals surface area contributed by atoms with Crippen LogP contribution < -0.4 is 0 Å². The van der Waals surface area contributed by atoms with E-state index in [-0.39, 0.29) is 10.3 Å². The van der Waals surface area contributed by atoms with Crippen LogP contribution in [0.3, 0.4) is 0 Å². The molecule has 0 N–H and O–H groups in total. The third-order valence-corrected chi connectivity index (χ3v) is 3.70. The predicted octanol–water partition coefficient (Wildman–Crippen LogP) is 4.76. The van der Waals surface area contributed by atoms with Crippen molar-refractivity contribution in [1.29, 1.82) is 0 Å². The molecule has 4 heteroatoms. The molecule has 0 aromatic heterocycles. The molecule has 0 saturated carbocycles. The number of benzene rings is 1. The van der Waals surface area contributed by atoms with Crippen molar-refractivity contribution in [2.75, 3.05) is 0 Å². The third-order valence-electron chi connectivity index (χ3n) is 1.79. The van der Waals surface area contributed by atoms with Crippen LogP contribution in [0, 0.1) is 11.6 Å². The van der Waals surface area contributed by atoms with Gasteiger partial charge < -0.3 is 0 Å². The van der Waals surface area contributed by atoms with Gasteiger partial charge in [0.1, 0.15) is 11.6 Å². The van der Waals surface area contributed by atoms with Crippen LogP contribution in [0.5, 0.6) is 0 Å². The first-order chi connectivity index (χ1) is 6.81. The number of hydrogen-bond acceptors (Lipinski definition) is 1. The lowest BCUT2D eigenvalue weighted by atomic mass is 10.2. The fraction of sp³-hybridized carbons (Fsp3) is 0.455. The lowest BCUT2D eigenvalue weighted by Gasteiger charge is -2.18. The fourth-order valence-corrected chi connectivity index (χ4v) is 2.20. The number of rotatable bonds is 2. The molecule has 0 aliphatic carbocycles. The minimum Gasteiger partial charge on any atom is -0.207 e. The maximum Gasteiger partial charge on any atom is 0.144 e. The van der Waals surface area contributed by atoms with E-state index in [1.54, 1.807) is 0 Å². The summed E-state index contributed by atoms with van der Waals surface area (Å²) in [4.78, 5) is 0. The molecule has 0 heterocycles. The maximum atomic E-state index is 13.5. The van der Waals surface area contributed by atoms with Gasteiger partial charge in [0.15, 0.2) is 0 Å². The van der Waals surface area contributed by atoms with E-state index >= 15 is 0 Å². The smallest absolute Gasteiger partial charge is 0.144 e. The van der Waals surface area contributed by atoms with Gasteiger partial charge in [0.25, 0.3) is 0 Å². The van der Waals surface area contributed by atoms with E-state index in [1.807, 2.05) is 20.8 Å². The summed E-state index contributed by atoms with van der Waals surface area (Å²) in [5.74, 6) is -0.625. The first-order valence-electron chi connectivity index (χ1n) is 4.57. The van der Waals surface area contributed by atoms with Gasteiger partial charge in [-0.3, -0.25) is 0 Å². The molecular formula is C11H13BrF2S. The molecule has 1 aromatic carbocycles. The van der Waals surface area contributed by atoms with E-state index in [0.717, 1.165) is 0 Å². The summed E-state index contributed by atoms with van der Waals surface area (Å²) < 4.78 is 27.2. The summed E-state index contributed by atoms with van der Waals surface area (Å²) in [5.41, 5.74) is 0.143. The molecule has 0 fully saturated rings. The zero-order valence-corrected chi connectivity index (χ0v) is 11.3. The van der Waals surface area contributed by atoms with Gasteiger partial charge in [-0.15, -0.1) is 0 Å². The first-order valence-corrected chi connectivity index (χ1v) is 6.35. The predicted molar refractivity (Wildman–Crippen MR) is 65.1 cm³/mol. The minimum absolute atomic E-state index is 0.00119. The quantitative estimate of drug-likeness (QED) is 0.709. The Kier molecular flexibility index (Phi) is 4.18. The summed E-state index contributed by atoms with van der Waals surface area (Å²) >= 11 is 4.57. The van der Waals surface area contributed by atoms with Crippen molar-refractivity contribution in [3.63, 3.8) is 0 Å². The van der Waals surface area contributed by atoms with Crippen LogP contribution in [0.1, 0.15) is 26.3 Å². The van der Waals surface area contributed by atoms with Crippen LogP contribution in [0.4, 0.5) is 8.78 Å². The molecule has 0 unspecified atom stereocenters. The van der Waals surface area contributed by atoms with Gasteiger partial charge in [-0.2, -0.15) is 11.8 Å². The summed E-state index contributed by atoms with van der Waals surface area (Å²) in [6.07, 6.45) is 0. The zero-order chi connectivity index (χ0) is 11.6. The molecule has 0 nitrogen and oxygen atoms in total. The van der Waals surface area contributed by atoms with Crippen molar-refractivity contribution in [1.82, 2.24) is 0 Å². The van der Waals surface area contributed by atoms with Crippen LogP contribution in [0.15, 0.2) is 16.6 Å². The van der Waals surface area contributed by atoms with Crippen LogP contribution in [-0.2, 0) is 5.75 Å². The van der Waals surface area contributed by atoms with Crippen molar-refractivity contribution >= 4 is 27.7 Å². The first kappa shape index (κ1) is 13.0. The van der Waals surface area contributed by atoms with Crippen molar-refractivity contribution in [2.45, 2.75) is 31.3 Å². The Hall–Kier alpha value is -0.0900. The van der Waals surface area contributed by atoms with Gasteiger partial charge in [-0.05, 0) is 28.1 Å². The topological polar surface area (TPSA) is 0 Å². The Morgan fingerprint density at radius 1 is 1.27 bits per heavy atom. The van der Waals surface area contributed by atoms with E-state index in [9.17, 15) is 8.78 Å². The Bertz CT molecular complexity index is 358. The molecule has 0 saturated heterocycles. The van der Waals surface area contributed by atoms with Gasteiger partial charge in [-0.25, -0.2) is 8.78 Å². The zero-order valence-electron chi connectivity index (χ0n) is 8.90. The lowest BCUT2D eigenvalue weighted by Crippen LogP contribution is -2.08. The summed E-state index contributed by atoms with van der Waals surface area (Å²) in [6, 6.07) is 2.67. The molecule has 1 aromatic rings. The van der Waals surface area contributed by atoms with Gasteiger partial charge in [0.2, 0.25) is 0 Å². The van der Waals surface area contributed by atoms with Crippen molar-refractivity contribution in [3.8, 4) is 0 Å². The molecule has 0 spiro atoms. The Balaban J connectivity index is 2.90. The highest BCUT2D eigenvalue weighted by Gasteiger charge is 2.16. The molecule has 84 valence electrons. The third kappa shape index (κ3) is 3.76. The van der Waals surface area contributed by atoms with Crippen LogP contribution in [0.25, 0.3) is 0 Å². The highest BCUT2D eigenvalue weighted by Crippen LogP contribution is 2.31. The average molecular weight is 295 g/mol. The number of thioether (sulfide) groups is 1. The molecule has 1 rings (SSSR count). The highest BCUT2D eigenvalue weighted by molar-refractivity contribution is 9.10. The second-order valence-electron chi connectivity index (χ2n) is 4.22. The van der Waals surface area contributed by atoms with E-state index in [1.165, 1.54) is 23.9 Å². The second kappa shape index (κ2) is 4.83. The molecule has 0 radical (unpaired) electrons. The maximum absolute atomic E-state index is 13.5. The van der Waals surface area contributed by atoms with E-state index in [2.05, 4.69) is 15.9 Å². The van der Waals surface area contributed by atoms with Gasteiger partial charge in [0.05, 0.1) is 4.47 Å². The van der Waals surface area contributed by atoms with Crippen LogP contribution >= 0.6 is 27.7 Å². The van der Waals surface area contributed by atoms with Crippen molar-refractivity contribution < 1.29 is 8.78 Å². The Morgan fingerprint density at radius 2 is 1.87 bits per heavy atom. The largest absolute Gasteiger partial charge is 0.207 e. The molecule has 0 bridgehead atoms. The van der Waals surface area contributed by atoms with E-state index in [0.29, 0.717) is 10.2 Å². The summed E-state index contributed by atoms with van der Waals surface area (Å²) in [5, 5.41) is 0. The fourth-order valence-electron chi connectivity index (χ4n) is 0.990. The standard InChI is InChI=1S/C11H13BrF2S/c1-11(2,3)15-6-7-9(13)5-4-8(12)10(7)14/h4-5H,6H2,1-3H3. The monoisotopic (exact) mass is 294 g/mol. The summed E-state index contributed by atoms with van der Waals surface area (Å²) in [6.45, 7) is 6.06. The molecule has 0 aliphatic heterocycles. The molecular weight excluding hydrogens is 282 g/mol. The number of hydrogen-bond donors (Lipinski definition) is 0.